The summed E-state index contributed by atoms with van der Waals surface area (Å²) in [6, 6.07) is 12.9. The first-order chi connectivity index (χ1) is 12.5. The molecule has 26 heavy (non-hydrogen) atoms. The van der Waals surface area contributed by atoms with Crippen LogP contribution in [0.4, 0.5) is 11.4 Å². The maximum absolute atomic E-state index is 12.3. The third-order valence-corrected chi connectivity index (χ3v) is 3.83. The summed E-state index contributed by atoms with van der Waals surface area (Å²) in [6.45, 7) is 6.50. The van der Waals surface area contributed by atoms with Gasteiger partial charge in [-0.2, -0.15) is 0 Å². The number of aryl methyl sites for hydroxylation is 2. The Kier molecular flexibility index (Phi) is 7.21. The lowest BCUT2D eigenvalue weighted by atomic mass is 10.1. The Bertz CT molecular complexity index is 751. The maximum Gasteiger partial charge on any atom is 0.340 e. The van der Waals surface area contributed by atoms with Gasteiger partial charge in [0.1, 0.15) is 0 Å². The highest BCUT2D eigenvalue weighted by atomic mass is 16.5. The van der Waals surface area contributed by atoms with Gasteiger partial charge < -0.3 is 15.4 Å². The summed E-state index contributed by atoms with van der Waals surface area (Å²) in [5.74, 6) is -0.875. The third-order valence-electron chi connectivity index (χ3n) is 3.83. The van der Waals surface area contributed by atoms with Gasteiger partial charge in [0.05, 0.1) is 5.56 Å². The van der Waals surface area contributed by atoms with Gasteiger partial charge in [-0.25, -0.2) is 4.79 Å². The van der Waals surface area contributed by atoms with Crippen LogP contribution >= 0.6 is 0 Å². The van der Waals surface area contributed by atoms with Crippen LogP contribution in [0.25, 0.3) is 0 Å². The summed E-state index contributed by atoms with van der Waals surface area (Å²) in [4.78, 5) is 24.4. The van der Waals surface area contributed by atoms with Crippen LogP contribution in [0, 0.1) is 13.8 Å². The fourth-order valence-corrected chi connectivity index (χ4v) is 2.67. The smallest absolute Gasteiger partial charge is 0.340 e. The highest BCUT2D eigenvalue weighted by Gasteiger charge is 2.14. The molecule has 2 aromatic rings. The quantitative estimate of drug-likeness (QED) is 0.547. The van der Waals surface area contributed by atoms with E-state index in [4.69, 9.17) is 4.74 Å². The molecule has 0 aromatic heterocycles. The zero-order valence-electron chi connectivity index (χ0n) is 15.6. The molecule has 138 valence electrons. The number of ether oxygens (including phenoxy) is 1. The zero-order chi connectivity index (χ0) is 18.9. The van der Waals surface area contributed by atoms with E-state index in [-0.39, 0.29) is 12.5 Å². The van der Waals surface area contributed by atoms with Crippen LogP contribution in [0.3, 0.4) is 0 Å². The predicted molar refractivity (Wildman–Crippen MR) is 105 cm³/mol. The van der Waals surface area contributed by atoms with Crippen LogP contribution in [0.5, 0.6) is 0 Å². The van der Waals surface area contributed by atoms with Gasteiger partial charge in [-0.1, -0.05) is 31.5 Å². The molecule has 0 aliphatic rings. The Morgan fingerprint density at radius 3 is 2.42 bits per heavy atom. The molecule has 0 atom stereocenters. The molecule has 0 spiro atoms. The lowest BCUT2D eigenvalue weighted by molar-refractivity contribution is -0.119. The van der Waals surface area contributed by atoms with Gasteiger partial charge in [0.15, 0.2) is 6.61 Å². The fourth-order valence-electron chi connectivity index (χ4n) is 2.67. The van der Waals surface area contributed by atoms with E-state index in [1.165, 1.54) is 0 Å². The number of unbranched alkanes of at least 4 members (excludes halogenated alkanes) is 1. The molecule has 5 heteroatoms. The zero-order valence-corrected chi connectivity index (χ0v) is 15.6. The Balaban J connectivity index is 1.92. The van der Waals surface area contributed by atoms with Gasteiger partial charge in [-0.15, -0.1) is 0 Å². The molecule has 0 saturated heterocycles. The molecule has 0 radical (unpaired) electrons. The molecule has 0 fully saturated rings. The standard InChI is InChI=1S/C21H26N2O3/c1-4-5-10-22-19-9-7-6-8-18(19)21(25)26-14-20(24)23-17-12-15(2)11-16(3)13-17/h6-9,11-13,22H,4-5,10,14H2,1-3H3,(H,23,24). The van der Waals surface area contributed by atoms with E-state index in [2.05, 4.69) is 17.6 Å². The van der Waals surface area contributed by atoms with Crippen molar-refractivity contribution >= 4 is 23.3 Å². The highest BCUT2D eigenvalue weighted by Crippen LogP contribution is 2.17. The molecule has 0 heterocycles. The lowest BCUT2D eigenvalue weighted by Crippen LogP contribution is -2.21. The molecule has 2 rings (SSSR count). The van der Waals surface area contributed by atoms with Crippen molar-refractivity contribution in [1.29, 1.82) is 0 Å². The SMILES string of the molecule is CCCCNc1ccccc1C(=O)OCC(=O)Nc1cc(C)cc(C)c1. The number of nitrogens with one attached hydrogen (secondary N) is 2. The van der Waals surface area contributed by atoms with Crippen LogP contribution in [-0.4, -0.2) is 25.0 Å². The van der Waals surface area contributed by atoms with Gasteiger partial charge in [0.25, 0.3) is 5.91 Å². The second-order valence-electron chi connectivity index (χ2n) is 6.33. The summed E-state index contributed by atoms with van der Waals surface area (Å²) in [5, 5.41) is 5.99. The monoisotopic (exact) mass is 354 g/mol. The van der Waals surface area contributed by atoms with E-state index >= 15 is 0 Å². The fraction of sp³-hybridized carbons (Fsp3) is 0.333. The average molecular weight is 354 g/mol. The number of anilines is 2. The molecule has 2 N–H and O–H groups in total. The topological polar surface area (TPSA) is 67.4 Å². The lowest BCUT2D eigenvalue weighted by Gasteiger charge is -2.12. The summed E-state index contributed by atoms with van der Waals surface area (Å²) in [5.41, 5.74) is 3.97. The van der Waals surface area contributed by atoms with Crippen molar-refractivity contribution in [2.75, 3.05) is 23.8 Å². The summed E-state index contributed by atoms with van der Waals surface area (Å²) in [7, 11) is 0. The number of carbonyl (C=O) groups is 2. The largest absolute Gasteiger partial charge is 0.452 e. The maximum atomic E-state index is 12.3. The molecule has 2 aromatic carbocycles. The number of hydrogen-bond donors (Lipinski definition) is 2. The van der Waals surface area contributed by atoms with Gasteiger partial charge in [-0.3, -0.25) is 4.79 Å². The number of hydrogen-bond acceptors (Lipinski definition) is 4. The first kappa shape index (κ1) is 19.5. The van der Waals surface area contributed by atoms with Crippen molar-refractivity contribution in [3.63, 3.8) is 0 Å². The minimum absolute atomic E-state index is 0.324. The van der Waals surface area contributed by atoms with Gasteiger partial charge >= 0.3 is 5.97 Å². The number of benzene rings is 2. The minimum Gasteiger partial charge on any atom is -0.452 e. The first-order valence-corrected chi connectivity index (χ1v) is 8.87. The van der Waals surface area contributed by atoms with E-state index in [0.717, 1.165) is 36.2 Å². The molecule has 0 aliphatic heterocycles. The van der Waals surface area contributed by atoms with Gasteiger partial charge in [-0.05, 0) is 55.7 Å². The molecule has 0 saturated carbocycles. The van der Waals surface area contributed by atoms with Crippen molar-refractivity contribution < 1.29 is 14.3 Å². The molecule has 5 nitrogen and oxygen atoms in total. The minimum atomic E-state index is -0.514. The molecule has 0 unspecified atom stereocenters. The van der Waals surface area contributed by atoms with Crippen molar-refractivity contribution in [2.45, 2.75) is 33.6 Å². The molecule has 0 bridgehead atoms. The van der Waals surface area contributed by atoms with Crippen molar-refractivity contribution in [3.05, 3.63) is 59.2 Å². The second kappa shape index (κ2) is 9.61. The molecule has 1 amide bonds. The Morgan fingerprint density at radius 2 is 1.73 bits per heavy atom. The average Bonchev–Trinajstić information content (AvgIpc) is 2.59. The van der Waals surface area contributed by atoms with Gasteiger partial charge in [0.2, 0.25) is 0 Å². The number of carbonyl (C=O) groups excluding carboxylic acids is 2. The van der Waals surface area contributed by atoms with E-state index in [1.807, 2.05) is 44.2 Å². The van der Waals surface area contributed by atoms with Crippen molar-refractivity contribution in [3.8, 4) is 0 Å². The van der Waals surface area contributed by atoms with Crippen LogP contribution in [0.15, 0.2) is 42.5 Å². The van der Waals surface area contributed by atoms with Crippen molar-refractivity contribution in [2.24, 2.45) is 0 Å². The number of esters is 1. The van der Waals surface area contributed by atoms with Crippen LogP contribution in [-0.2, 0) is 9.53 Å². The third kappa shape index (κ3) is 5.92. The Hall–Kier alpha value is -2.82. The second-order valence-corrected chi connectivity index (χ2v) is 6.33. The number of amides is 1. The highest BCUT2D eigenvalue weighted by molar-refractivity contribution is 5.98. The van der Waals surface area contributed by atoms with E-state index in [1.54, 1.807) is 12.1 Å². The number of rotatable bonds is 8. The number of para-hydroxylation sites is 1. The van der Waals surface area contributed by atoms with Crippen LogP contribution in [0.1, 0.15) is 41.3 Å². The normalized spacial score (nSPS) is 10.3. The van der Waals surface area contributed by atoms with Crippen molar-refractivity contribution in [1.82, 2.24) is 0 Å². The van der Waals surface area contributed by atoms with Crippen LogP contribution in [0.2, 0.25) is 0 Å². The molecular formula is C21H26N2O3. The molecule has 0 aliphatic carbocycles. The first-order valence-electron chi connectivity index (χ1n) is 8.87. The molecular weight excluding hydrogens is 328 g/mol. The van der Waals surface area contributed by atoms with Gasteiger partial charge in [0, 0.05) is 17.9 Å². The van der Waals surface area contributed by atoms with Crippen LogP contribution < -0.4 is 10.6 Å². The van der Waals surface area contributed by atoms with E-state index < -0.39 is 5.97 Å². The summed E-state index contributed by atoms with van der Waals surface area (Å²) >= 11 is 0. The predicted octanol–water partition coefficient (Wildman–Crippen LogP) is 4.31. The summed E-state index contributed by atoms with van der Waals surface area (Å²) < 4.78 is 5.18. The Labute approximate surface area is 154 Å². The Morgan fingerprint density at radius 1 is 1.04 bits per heavy atom. The van der Waals surface area contributed by atoms with E-state index in [9.17, 15) is 9.59 Å². The van der Waals surface area contributed by atoms with E-state index in [0.29, 0.717) is 11.3 Å². The summed E-state index contributed by atoms with van der Waals surface area (Å²) in [6.07, 6.45) is 2.08.